The quantitative estimate of drug-likeness (QED) is 0.580. The lowest BCUT2D eigenvalue weighted by Gasteiger charge is -2.05. The predicted molar refractivity (Wildman–Crippen MR) is 67.3 cm³/mol. The van der Waals surface area contributed by atoms with Crippen molar-refractivity contribution in [1.29, 1.82) is 0 Å². The standard InChI is InChI=1S/C14H9NO4/c16-14-11-4-2-1-3-9(11)8-19-13-7-10(15(17)18)5-6-12(13)14/h1-7H,8H2. The van der Waals surface area contributed by atoms with E-state index < -0.39 is 4.92 Å². The molecule has 0 bridgehead atoms. The maximum atomic E-state index is 12.4. The van der Waals surface area contributed by atoms with E-state index >= 15 is 0 Å². The Bertz CT molecular complexity index is 694. The molecule has 0 N–H and O–H groups in total. The SMILES string of the molecule is O=C1c2ccccc2COc2cc([N+](=O)[O-])ccc21. The summed E-state index contributed by atoms with van der Waals surface area (Å²) in [5.74, 6) is 0.0911. The number of nitro groups is 1. The Hall–Kier alpha value is -2.69. The number of nitrogens with zero attached hydrogens (tertiary/aromatic N) is 1. The summed E-state index contributed by atoms with van der Waals surface area (Å²) in [4.78, 5) is 22.6. The summed E-state index contributed by atoms with van der Waals surface area (Å²) in [6.45, 7) is 0.232. The molecule has 1 aliphatic heterocycles. The molecule has 0 spiro atoms. The van der Waals surface area contributed by atoms with Gasteiger partial charge in [0, 0.05) is 17.2 Å². The van der Waals surface area contributed by atoms with Crippen LogP contribution in [0.2, 0.25) is 0 Å². The molecule has 1 aliphatic rings. The van der Waals surface area contributed by atoms with Crippen LogP contribution in [0.1, 0.15) is 21.5 Å². The molecule has 94 valence electrons. The maximum absolute atomic E-state index is 12.4. The van der Waals surface area contributed by atoms with Crippen molar-refractivity contribution in [2.24, 2.45) is 0 Å². The first-order chi connectivity index (χ1) is 9.16. The molecule has 5 heteroatoms. The summed E-state index contributed by atoms with van der Waals surface area (Å²) in [6.07, 6.45) is 0. The van der Waals surface area contributed by atoms with Crippen molar-refractivity contribution >= 4 is 11.5 Å². The topological polar surface area (TPSA) is 69.4 Å². The van der Waals surface area contributed by atoms with E-state index in [1.54, 1.807) is 12.1 Å². The Morgan fingerprint density at radius 3 is 2.68 bits per heavy atom. The van der Waals surface area contributed by atoms with Crippen molar-refractivity contribution in [2.75, 3.05) is 0 Å². The van der Waals surface area contributed by atoms with E-state index in [2.05, 4.69) is 0 Å². The number of ketones is 1. The van der Waals surface area contributed by atoms with Crippen molar-refractivity contribution in [1.82, 2.24) is 0 Å². The largest absolute Gasteiger partial charge is 0.488 e. The molecular formula is C14H9NO4. The molecule has 3 rings (SSSR count). The second kappa shape index (κ2) is 4.20. The molecule has 0 atom stereocenters. The monoisotopic (exact) mass is 255 g/mol. The zero-order valence-corrected chi connectivity index (χ0v) is 9.83. The number of benzene rings is 2. The highest BCUT2D eigenvalue weighted by molar-refractivity contribution is 6.12. The number of non-ortho nitro benzene ring substituents is 1. The van der Waals surface area contributed by atoms with Crippen molar-refractivity contribution in [3.05, 3.63) is 69.3 Å². The number of carbonyl (C=O) groups excluding carboxylic acids is 1. The Morgan fingerprint density at radius 1 is 1.11 bits per heavy atom. The normalized spacial score (nSPS) is 12.9. The van der Waals surface area contributed by atoms with Gasteiger partial charge >= 0.3 is 0 Å². The summed E-state index contributed by atoms with van der Waals surface area (Å²) in [7, 11) is 0. The zero-order valence-electron chi connectivity index (χ0n) is 9.83. The van der Waals surface area contributed by atoms with Crippen LogP contribution in [0.15, 0.2) is 42.5 Å². The molecule has 2 aromatic carbocycles. The van der Waals surface area contributed by atoms with Gasteiger partial charge in [0.1, 0.15) is 12.4 Å². The average Bonchev–Trinajstić information content (AvgIpc) is 2.57. The van der Waals surface area contributed by atoms with E-state index in [-0.39, 0.29) is 23.8 Å². The molecule has 0 saturated carbocycles. The van der Waals surface area contributed by atoms with Gasteiger partial charge in [-0.15, -0.1) is 0 Å². The molecule has 0 aromatic heterocycles. The molecule has 5 nitrogen and oxygen atoms in total. The molecule has 0 saturated heterocycles. The molecule has 1 heterocycles. The van der Waals surface area contributed by atoms with Gasteiger partial charge in [0.25, 0.3) is 5.69 Å². The van der Waals surface area contributed by atoms with Crippen LogP contribution < -0.4 is 4.74 Å². The van der Waals surface area contributed by atoms with Gasteiger partial charge in [0.2, 0.25) is 0 Å². The van der Waals surface area contributed by atoms with Crippen molar-refractivity contribution in [3.63, 3.8) is 0 Å². The lowest BCUT2D eigenvalue weighted by molar-refractivity contribution is -0.384. The minimum atomic E-state index is -0.508. The number of nitro benzene ring substituents is 1. The van der Waals surface area contributed by atoms with Crippen molar-refractivity contribution < 1.29 is 14.5 Å². The molecule has 0 unspecified atom stereocenters. The van der Waals surface area contributed by atoms with Crippen LogP contribution in [-0.4, -0.2) is 10.7 Å². The fourth-order valence-corrected chi connectivity index (χ4v) is 2.10. The molecule has 0 fully saturated rings. The second-order valence-corrected chi connectivity index (χ2v) is 4.21. The first kappa shape index (κ1) is 11.4. The predicted octanol–water partition coefficient (Wildman–Crippen LogP) is 2.72. The maximum Gasteiger partial charge on any atom is 0.273 e. The smallest absolute Gasteiger partial charge is 0.273 e. The molecule has 0 aliphatic carbocycles. The fraction of sp³-hybridized carbons (Fsp3) is 0.0714. The van der Waals surface area contributed by atoms with Crippen LogP contribution in [-0.2, 0) is 6.61 Å². The minimum Gasteiger partial charge on any atom is -0.488 e. The summed E-state index contributed by atoms with van der Waals surface area (Å²) < 4.78 is 5.51. The number of fused-ring (bicyclic) bond motifs is 2. The first-order valence-corrected chi connectivity index (χ1v) is 5.70. The first-order valence-electron chi connectivity index (χ1n) is 5.70. The van der Waals surface area contributed by atoms with Gasteiger partial charge in [0.15, 0.2) is 5.78 Å². The van der Waals surface area contributed by atoms with Gasteiger partial charge in [-0.3, -0.25) is 14.9 Å². The van der Waals surface area contributed by atoms with E-state index in [9.17, 15) is 14.9 Å². The average molecular weight is 255 g/mol. The summed E-state index contributed by atoms with van der Waals surface area (Å²) in [6, 6.07) is 11.2. The van der Waals surface area contributed by atoms with E-state index in [0.717, 1.165) is 5.56 Å². The lowest BCUT2D eigenvalue weighted by Crippen LogP contribution is -2.02. The highest BCUT2D eigenvalue weighted by atomic mass is 16.6. The Morgan fingerprint density at radius 2 is 1.89 bits per heavy atom. The highest BCUT2D eigenvalue weighted by Crippen LogP contribution is 2.31. The van der Waals surface area contributed by atoms with Gasteiger partial charge in [-0.1, -0.05) is 24.3 Å². The van der Waals surface area contributed by atoms with Gasteiger partial charge < -0.3 is 4.74 Å². The molecule has 19 heavy (non-hydrogen) atoms. The molecule has 0 amide bonds. The van der Waals surface area contributed by atoms with Crippen molar-refractivity contribution in [3.8, 4) is 5.75 Å². The van der Waals surface area contributed by atoms with E-state index in [4.69, 9.17) is 4.74 Å². The fourth-order valence-electron chi connectivity index (χ4n) is 2.10. The molecule has 0 radical (unpaired) electrons. The summed E-state index contributed by atoms with van der Waals surface area (Å²) in [5, 5.41) is 10.7. The van der Waals surface area contributed by atoms with Crippen LogP contribution in [0.3, 0.4) is 0 Å². The van der Waals surface area contributed by atoms with Gasteiger partial charge in [-0.05, 0) is 6.07 Å². The van der Waals surface area contributed by atoms with E-state index in [1.807, 2.05) is 12.1 Å². The van der Waals surface area contributed by atoms with Crippen molar-refractivity contribution in [2.45, 2.75) is 6.61 Å². The third-order valence-electron chi connectivity index (χ3n) is 3.07. The number of carbonyl (C=O) groups is 1. The second-order valence-electron chi connectivity index (χ2n) is 4.21. The van der Waals surface area contributed by atoms with E-state index in [1.165, 1.54) is 18.2 Å². The van der Waals surface area contributed by atoms with Gasteiger partial charge in [-0.25, -0.2) is 0 Å². The Labute approximate surface area is 108 Å². The van der Waals surface area contributed by atoms with Gasteiger partial charge in [-0.2, -0.15) is 0 Å². The highest BCUT2D eigenvalue weighted by Gasteiger charge is 2.23. The van der Waals surface area contributed by atoms with Crippen LogP contribution in [0, 0.1) is 10.1 Å². The van der Waals surface area contributed by atoms with Gasteiger partial charge in [0.05, 0.1) is 16.6 Å². The Kier molecular flexibility index (Phi) is 2.52. The number of hydrogen-bond donors (Lipinski definition) is 0. The number of hydrogen-bond acceptors (Lipinski definition) is 4. The number of rotatable bonds is 1. The Balaban J connectivity index is 2.15. The third kappa shape index (κ3) is 1.85. The van der Waals surface area contributed by atoms with Crippen LogP contribution in [0.4, 0.5) is 5.69 Å². The molecule has 2 aromatic rings. The molecular weight excluding hydrogens is 246 g/mol. The van der Waals surface area contributed by atoms with Crippen LogP contribution >= 0.6 is 0 Å². The zero-order chi connectivity index (χ0) is 13.4. The van der Waals surface area contributed by atoms with Crippen LogP contribution in [0.25, 0.3) is 0 Å². The lowest BCUT2D eigenvalue weighted by atomic mass is 9.99. The minimum absolute atomic E-state index is 0.0856. The third-order valence-corrected chi connectivity index (χ3v) is 3.07. The summed E-state index contributed by atoms with van der Waals surface area (Å²) >= 11 is 0. The van der Waals surface area contributed by atoms with Crippen LogP contribution in [0.5, 0.6) is 5.75 Å². The number of ether oxygens (including phenoxy) is 1. The summed E-state index contributed by atoms with van der Waals surface area (Å²) in [5.41, 5.74) is 1.63. The van der Waals surface area contributed by atoms with E-state index in [0.29, 0.717) is 11.1 Å².